The Hall–Kier alpha value is 0.0700. The fourth-order valence-electron chi connectivity index (χ4n) is 0.573. The van der Waals surface area contributed by atoms with E-state index in [0.29, 0.717) is 12.2 Å². The van der Waals surface area contributed by atoms with Gasteiger partial charge < -0.3 is 10.2 Å². The van der Waals surface area contributed by atoms with Gasteiger partial charge in [-0.25, -0.2) is 0 Å². The summed E-state index contributed by atoms with van der Waals surface area (Å²) < 4.78 is 10.5. The smallest absolute Gasteiger partial charge is 0.0481 e. The molecule has 2 N–H and O–H groups in total. The normalized spacial score (nSPS) is 14.0. The molecule has 0 saturated heterocycles. The highest BCUT2D eigenvalue weighted by Crippen LogP contribution is 2.00. The number of aliphatic hydroxyl groups is 2. The second-order valence-electron chi connectivity index (χ2n) is 2.30. The molecule has 0 aromatic heterocycles. The van der Waals surface area contributed by atoms with E-state index in [4.69, 9.17) is 10.2 Å². The zero-order chi connectivity index (χ0) is 7.98. The van der Waals surface area contributed by atoms with E-state index in [9.17, 15) is 4.21 Å². The van der Waals surface area contributed by atoms with Gasteiger partial charge in [-0.2, -0.15) is 0 Å². The van der Waals surface area contributed by atoms with Crippen LogP contribution in [0.1, 0.15) is 6.42 Å². The van der Waals surface area contributed by atoms with Gasteiger partial charge in [-0.05, 0) is 6.42 Å². The highest BCUT2D eigenvalue weighted by molar-refractivity contribution is 7.84. The molecule has 10 heavy (non-hydrogen) atoms. The predicted molar refractivity (Wildman–Crippen MR) is 41.2 cm³/mol. The lowest BCUT2D eigenvalue weighted by Gasteiger charge is -2.07. The number of hydrogen-bond acceptors (Lipinski definition) is 3. The van der Waals surface area contributed by atoms with Gasteiger partial charge in [-0.15, -0.1) is 0 Å². The fourth-order valence-corrected chi connectivity index (χ4v) is 1.24. The van der Waals surface area contributed by atoms with Crippen molar-refractivity contribution in [1.82, 2.24) is 0 Å². The predicted octanol–water partition coefficient (Wildman–Crippen LogP) is -0.644. The summed E-state index contributed by atoms with van der Waals surface area (Å²) in [4.78, 5) is 0. The Morgan fingerprint density at radius 1 is 1.40 bits per heavy atom. The standard InChI is InChI=1S/C6H14O3S/c1-10(9)3-2-6(4-7)5-8/h6-8H,2-5H2,1H3. The lowest BCUT2D eigenvalue weighted by Crippen LogP contribution is -2.13. The van der Waals surface area contributed by atoms with Crippen molar-refractivity contribution < 1.29 is 14.4 Å². The first-order valence-electron chi connectivity index (χ1n) is 3.22. The van der Waals surface area contributed by atoms with Crippen molar-refractivity contribution in [3.8, 4) is 0 Å². The van der Waals surface area contributed by atoms with Crippen molar-refractivity contribution in [2.24, 2.45) is 5.92 Å². The van der Waals surface area contributed by atoms with Crippen LogP contribution in [0.5, 0.6) is 0 Å². The molecule has 0 aromatic rings. The van der Waals surface area contributed by atoms with Gasteiger partial charge in [0.15, 0.2) is 0 Å². The van der Waals surface area contributed by atoms with Gasteiger partial charge in [0.2, 0.25) is 0 Å². The van der Waals surface area contributed by atoms with Crippen LogP contribution >= 0.6 is 0 Å². The average molecular weight is 166 g/mol. The van der Waals surface area contributed by atoms with Crippen molar-refractivity contribution >= 4 is 10.8 Å². The maximum Gasteiger partial charge on any atom is 0.0481 e. The van der Waals surface area contributed by atoms with Gasteiger partial charge in [-0.1, -0.05) is 0 Å². The van der Waals surface area contributed by atoms with E-state index in [1.54, 1.807) is 6.26 Å². The molecule has 0 rings (SSSR count). The Bertz CT molecular complexity index is 101. The van der Waals surface area contributed by atoms with E-state index in [2.05, 4.69) is 0 Å². The molecule has 0 radical (unpaired) electrons. The Kier molecular flexibility index (Phi) is 5.87. The highest BCUT2D eigenvalue weighted by Gasteiger charge is 2.05. The minimum Gasteiger partial charge on any atom is -0.396 e. The summed E-state index contributed by atoms with van der Waals surface area (Å²) in [6.07, 6.45) is 2.25. The van der Waals surface area contributed by atoms with E-state index in [1.165, 1.54) is 0 Å². The first-order valence-corrected chi connectivity index (χ1v) is 4.95. The molecule has 4 heteroatoms. The van der Waals surface area contributed by atoms with E-state index >= 15 is 0 Å². The Morgan fingerprint density at radius 3 is 2.20 bits per heavy atom. The second-order valence-corrected chi connectivity index (χ2v) is 3.85. The quantitative estimate of drug-likeness (QED) is 0.571. The first kappa shape index (κ1) is 10.1. The summed E-state index contributed by atoms with van der Waals surface area (Å²) in [6.45, 7) is -0.0403. The van der Waals surface area contributed by atoms with Crippen molar-refractivity contribution in [3.63, 3.8) is 0 Å². The Morgan fingerprint density at radius 2 is 1.90 bits per heavy atom. The van der Waals surface area contributed by atoms with Crippen LogP contribution in [0.2, 0.25) is 0 Å². The van der Waals surface area contributed by atoms with Gasteiger partial charge >= 0.3 is 0 Å². The summed E-state index contributed by atoms with van der Waals surface area (Å²) in [5, 5.41) is 17.2. The maximum absolute atomic E-state index is 10.5. The molecule has 1 unspecified atom stereocenters. The fraction of sp³-hybridized carbons (Fsp3) is 1.00. The van der Waals surface area contributed by atoms with Crippen LogP contribution in [0.15, 0.2) is 0 Å². The van der Waals surface area contributed by atoms with Crippen LogP contribution < -0.4 is 0 Å². The van der Waals surface area contributed by atoms with Crippen LogP contribution in [-0.4, -0.2) is 39.6 Å². The van der Waals surface area contributed by atoms with Crippen molar-refractivity contribution in [3.05, 3.63) is 0 Å². The number of rotatable bonds is 5. The number of hydrogen-bond donors (Lipinski definition) is 2. The third kappa shape index (κ3) is 4.90. The molecule has 0 spiro atoms. The molecule has 0 bridgehead atoms. The molecule has 3 nitrogen and oxygen atoms in total. The van der Waals surface area contributed by atoms with E-state index in [0.717, 1.165) is 0 Å². The molecule has 0 amide bonds. The second kappa shape index (κ2) is 5.82. The van der Waals surface area contributed by atoms with Gasteiger partial charge in [0.05, 0.1) is 0 Å². The largest absolute Gasteiger partial charge is 0.396 e. The molecular weight excluding hydrogens is 152 g/mol. The van der Waals surface area contributed by atoms with Gasteiger partial charge in [0.25, 0.3) is 0 Å². The molecule has 0 saturated carbocycles. The van der Waals surface area contributed by atoms with Crippen LogP contribution in [0.3, 0.4) is 0 Å². The molecule has 0 heterocycles. The minimum atomic E-state index is -0.812. The van der Waals surface area contributed by atoms with Crippen LogP contribution in [0, 0.1) is 5.92 Å². The Labute approximate surface area is 63.5 Å². The molecule has 0 aliphatic heterocycles. The van der Waals surface area contributed by atoms with E-state index in [1.807, 2.05) is 0 Å². The third-order valence-electron chi connectivity index (χ3n) is 1.33. The van der Waals surface area contributed by atoms with Crippen molar-refractivity contribution in [1.29, 1.82) is 0 Å². The molecule has 1 atom stereocenters. The summed E-state index contributed by atoms with van der Waals surface area (Å²) in [5.41, 5.74) is 0. The molecule has 0 aromatic carbocycles. The minimum absolute atomic E-state index is 0.0201. The van der Waals surface area contributed by atoms with Crippen LogP contribution in [0.25, 0.3) is 0 Å². The first-order chi connectivity index (χ1) is 4.70. The summed E-state index contributed by atoms with van der Waals surface area (Å²) >= 11 is 0. The van der Waals surface area contributed by atoms with Gasteiger partial charge in [0.1, 0.15) is 0 Å². The third-order valence-corrected chi connectivity index (χ3v) is 2.14. The number of aliphatic hydroxyl groups excluding tert-OH is 2. The maximum atomic E-state index is 10.5. The average Bonchev–Trinajstić information content (AvgIpc) is 1.90. The topological polar surface area (TPSA) is 57.5 Å². The lowest BCUT2D eigenvalue weighted by atomic mass is 10.1. The van der Waals surface area contributed by atoms with Crippen LogP contribution in [-0.2, 0) is 10.8 Å². The molecular formula is C6H14O3S. The zero-order valence-electron chi connectivity index (χ0n) is 6.12. The summed E-state index contributed by atoms with van der Waals surface area (Å²) in [5.74, 6) is 0.468. The van der Waals surface area contributed by atoms with Gasteiger partial charge in [-0.3, -0.25) is 4.21 Å². The summed E-state index contributed by atoms with van der Waals surface area (Å²) in [7, 11) is -0.812. The van der Waals surface area contributed by atoms with E-state index in [-0.39, 0.29) is 19.1 Å². The Balaban J connectivity index is 3.34. The van der Waals surface area contributed by atoms with Crippen molar-refractivity contribution in [2.75, 3.05) is 25.2 Å². The molecule has 0 aliphatic carbocycles. The lowest BCUT2D eigenvalue weighted by molar-refractivity contribution is 0.148. The SMILES string of the molecule is CS(=O)CCC(CO)CO. The molecule has 62 valence electrons. The van der Waals surface area contributed by atoms with E-state index < -0.39 is 10.8 Å². The molecule has 0 fully saturated rings. The van der Waals surface area contributed by atoms with Crippen LogP contribution in [0.4, 0.5) is 0 Å². The molecule has 0 aliphatic rings. The van der Waals surface area contributed by atoms with Crippen molar-refractivity contribution in [2.45, 2.75) is 6.42 Å². The zero-order valence-corrected chi connectivity index (χ0v) is 6.93. The van der Waals surface area contributed by atoms with Gasteiger partial charge in [0, 0.05) is 41.9 Å². The highest BCUT2D eigenvalue weighted by atomic mass is 32.2. The summed E-state index contributed by atoms with van der Waals surface area (Å²) in [6, 6.07) is 0. The monoisotopic (exact) mass is 166 g/mol.